The van der Waals surface area contributed by atoms with Crippen molar-refractivity contribution in [3.8, 4) is 28.1 Å². The predicted molar refractivity (Wildman–Crippen MR) is 138 cm³/mol. The molecule has 6 aromatic rings. The first-order valence-electron chi connectivity index (χ1n) is 11.4. The summed E-state index contributed by atoms with van der Waals surface area (Å²) in [6.07, 6.45) is 6.33. The third kappa shape index (κ3) is 2.12. The Kier molecular flexibility index (Phi) is 3.19. The van der Waals surface area contributed by atoms with E-state index < -0.39 is 0 Å². The highest BCUT2D eigenvalue weighted by molar-refractivity contribution is 6.32. The van der Waals surface area contributed by atoms with Crippen molar-refractivity contribution in [1.82, 2.24) is 9.55 Å². The molecule has 0 saturated carbocycles. The molecule has 3 nitrogen and oxygen atoms in total. The number of anilines is 1. The third-order valence-electron chi connectivity index (χ3n) is 7.15. The molecular formula is C30H19N3. The SMILES string of the molecule is C1=Cc2cc3c4c5c6c(cccc6ccc5n(-c5ccccn5)c4c2NC1)-c1ccccc1-3. The largest absolute Gasteiger partial charge is 0.379 e. The van der Waals surface area contributed by atoms with Crippen LogP contribution in [0.25, 0.3) is 66.7 Å². The molecule has 0 atom stereocenters. The van der Waals surface area contributed by atoms with Crippen LogP contribution in [-0.4, -0.2) is 16.1 Å². The molecule has 0 unspecified atom stereocenters. The highest BCUT2D eigenvalue weighted by Crippen LogP contribution is 2.52. The van der Waals surface area contributed by atoms with Gasteiger partial charge in [0.15, 0.2) is 0 Å². The molecule has 0 fully saturated rings. The van der Waals surface area contributed by atoms with Gasteiger partial charge in [-0.25, -0.2) is 4.98 Å². The van der Waals surface area contributed by atoms with E-state index in [9.17, 15) is 0 Å². The fourth-order valence-corrected chi connectivity index (χ4v) is 5.87. The van der Waals surface area contributed by atoms with E-state index in [4.69, 9.17) is 4.98 Å². The molecule has 1 aliphatic carbocycles. The van der Waals surface area contributed by atoms with Gasteiger partial charge in [-0.05, 0) is 57.3 Å². The second-order valence-corrected chi connectivity index (χ2v) is 8.83. The van der Waals surface area contributed by atoms with Gasteiger partial charge in [-0.2, -0.15) is 0 Å². The fraction of sp³-hybridized carbons (Fsp3) is 0.0333. The minimum atomic E-state index is 0.827. The number of nitrogens with one attached hydrogen (secondary N) is 1. The summed E-state index contributed by atoms with van der Waals surface area (Å²) in [5, 5.41) is 8.90. The summed E-state index contributed by atoms with van der Waals surface area (Å²) in [6.45, 7) is 0.827. The van der Waals surface area contributed by atoms with Crippen molar-refractivity contribution in [1.29, 1.82) is 0 Å². The lowest BCUT2D eigenvalue weighted by Crippen LogP contribution is -2.08. The maximum absolute atomic E-state index is 4.78. The highest BCUT2D eigenvalue weighted by Gasteiger charge is 2.28. The molecule has 1 N–H and O–H groups in total. The van der Waals surface area contributed by atoms with Crippen LogP contribution in [-0.2, 0) is 0 Å². The third-order valence-corrected chi connectivity index (χ3v) is 7.15. The van der Waals surface area contributed by atoms with Crippen molar-refractivity contribution in [2.24, 2.45) is 0 Å². The number of pyridine rings is 1. The first-order valence-corrected chi connectivity index (χ1v) is 11.4. The van der Waals surface area contributed by atoms with Crippen molar-refractivity contribution in [3.05, 3.63) is 96.7 Å². The van der Waals surface area contributed by atoms with Crippen molar-refractivity contribution in [3.63, 3.8) is 0 Å². The number of benzene rings is 4. The van der Waals surface area contributed by atoms with Gasteiger partial charge in [0, 0.05) is 29.1 Å². The van der Waals surface area contributed by atoms with Gasteiger partial charge < -0.3 is 5.32 Å². The van der Waals surface area contributed by atoms with E-state index in [1.165, 1.54) is 66.1 Å². The van der Waals surface area contributed by atoms with E-state index in [0.717, 1.165) is 12.4 Å². The molecule has 2 aliphatic rings. The molecular weight excluding hydrogens is 402 g/mol. The van der Waals surface area contributed by atoms with Crippen molar-refractivity contribution >= 4 is 44.3 Å². The first kappa shape index (κ1) is 17.2. The lowest BCUT2D eigenvalue weighted by Gasteiger charge is -2.20. The average molecular weight is 422 g/mol. The Hall–Kier alpha value is -4.37. The van der Waals surface area contributed by atoms with Crippen LogP contribution in [0.2, 0.25) is 0 Å². The van der Waals surface area contributed by atoms with Crippen molar-refractivity contribution < 1.29 is 0 Å². The molecule has 33 heavy (non-hydrogen) atoms. The van der Waals surface area contributed by atoms with E-state index in [-0.39, 0.29) is 0 Å². The summed E-state index contributed by atoms with van der Waals surface area (Å²) in [7, 11) is 0. The summed E-state index contributed by atoms with van der Waals surface area (Å²) in [5.41, 5.74) is 9.98. The Morgan fingerprint density at radius 2 is 1.58 bits per heavy atom. The predicted octanol–water partition coefficient (Wildman–Crippen LogP) is 7.42. The van der Waals surface area contributed by atoms with Gasteiger partial charge in [0.2, 0.25) is 0 Å². The Bertz CT molecular complexity index is 1810. The summed E-state index contributed by atoms with van der Waals surface area (Å²) in [4.78, 5) is 4.78. The number of rotatable bonds is 1. The number of hydrogen-bond acceptors (Lipinski definition) is 2. The quantitative estimate of drug-likeness (QED) is 0.299. The van der Waals surface area contributed by atoms with E-state index >= 15 is 0 Å². The maximum Gasteiger partial charge on any atom is 0.137 e. The van der Waals surface area contributed by atoms with Gasteiger partial charge in [0.1, 0.15) is 5.82 Å². The van der Waals surface area contributed by atoms with Crippen LogP contribution < -0.4 is 5.32 Å². The maximum atomic E-state index is 4.78. The smallest absolute Gasteiger partial charge is 0.137 e. The van der Waals surface area contributed by atoms with E-state index in [1.54, 1.807) is 0 Å². The van der Waals surface area contributed by atoms with Crippen LogP contribution in [0.4, 0.5) is 5.69 Å². The molecule has 8 rings (SSSR count). The minimum absolute atomic E-state index is 0.827. The molecule has 3 heteroatoms. The lowest BCUT2D eigenvalue weighted by molar-refractivity contribution is 1.08. The minimum Gasteiger partial charge on any atom is -0.379 e. The van der Waals surface area contributed by atoms with Crippen LogP contribution in [0.15, 0.2) is 91.1 Å². The van der Waals surface area contributed by atoms with Crippen LogP contribution >= 0.6 is 0 Å². The number of nitrogens with zero attached hydrogens (tertiary/aromatic N) is 2. The second-order valence-electron chi connectivity index (χ2n) is 8.83. The zero-order chi connectivity index (χ0) is 21.5. The Balaban J connectivity index is 1.75. The summed E-state index contributed by atoms with van der Waals surface area (Å²) in [5.74, 6) is 0.943. The van der Waals surface area contributed by atoms with Gasteiger partial charge in [-0.15, -0.1) is 0 Å². The lowest BCUT2D eigenvalue weighted by atomic mass is 9.92. The topological polar surface area (TPSA) is 29.9 Å². The second kappa shape index (κ2) is 6.11. The Labute approximate surface area is 190 Å². The average Bonchev–Trinajstić information content (AvgIpc) is 3.18. The van der Waals surface area contributed by atoms with E-state index in [0.29, 0.717) is 0 Å². The number of aromatic nitrogens is 2. The van der Waals surface area contributed by atoms with Crippen molar-refractivity contribution in [2.45, 2.75) is 0 Å². The van der Waals surface area contributed by atoms with Crippen LogP contribution in [0.1, 0.15) is 5.56 Å². The van der Waals surface area contributed by atoms with Crippen LogP contribution in [0, 0.1) is 0 Å². The van der Waals surface area contributed by atoms with Gasteiger partial charge in [0.25, 0.3) is 0 Å². The molecule has 2 aromatic heterocycles. The molecule has 4 aromatic carbocycles. The van der Waals surface area contributed by atoms with E-state index in [1.807, 2.05) is 12.3 Å². The first-order chi connectivity index (χ1) is 16.4. The molecule has 0 saturated heterocycles. The summed E-state index contributed by atoms with van der Waals surface area (Å²) < 4.78 is 2.35. The molecule has 1 aliphatic heterocycles. The normalized spacial score (nSPS) is 13.5. The molecule has 0 amide bonds. The monoisotopic (exact) mass is 421 g/mol. The highest BCUT2D eigenvalue weighted by atomic mass is 15.1. The van der Waals surface area contributed by atoms with Crippen LogP contribution in [0.5, 0.6) is 0 Å². The van der Waals surface area contributed by atoms with Gasteiger partial charge >= 0.3 is 0 Å². The molecule has 0 bridgehead atoms. The fourth-order valence-electron chi connectivity index (χ4n) is 5.87. The number of fused-ring (bicyclic) bond motifs is 5. The standard InChI is InChI=1S/C30H19N3/c1-2-10-21-20(9-1)22-11-5-7-18-13-14-24-28(26(18)22)27-23(21)17-19-8-6-16-32-29(19)30(27)33(24)25-12-3-4-15-31-25/h1-15,17,32H,16H2. The molecule has 0 spiro atoms. The van der Waals surface area contributed by atoms with Gasteiger partial charge in [-0.1, -0.05) is 66.7 Å². The molecule has 3 heterocycles. The van der Waals surface area contributed by atoms with Gasteiger partial charge in [-0.3, -0.25) is 4.57 Å². The molecule has 154 valence electrons. The Morgan fingerprint density at radius 1 is 0.727 bits per heavy atom. The number of hydrogen-bond donors (Lipinski definition) is 1. The molecule has 0 radical (unpaired) electrons. The van der Waals surface area contributed by atoms with Crippen molar-refractivity contribution in [2.75, 3.05) is 11.9 Å². The zero-order valence-electron chi connectivity index (χ0n) is 17.8. The summed E-state index contributed by atoms with van der Waals surface area (Å²) >= 11 is 0. The Morgan fingerprint density at radius 3 is 2.45 bits per heavy atom. The zero-order valence-corrected chi connectivity index (χ0v) is 17.8. The van der Waals surface area contributed by atoms with E-state index in [2.05, 4.69) is 94.8 Å². The van der Waals surface area contributed by atoms with Gasteiger partial charge in [0.05, 0.1) is 16.7 Å². The summed E-state index contributed by atoms with van der Waals surface area (Å²) in [6, 6.07) is 28.6. The van der Waals surface area contributed by atoms with Crippen LogP contribution in [0.3, 0.4) is 0 Å².